The Labute approximate surface area is 168 Å². The van der Waals surface area contributed by atoms with E-state index in [9.17, 15) is 19.7 Å². The predicted molar refractivity (Wildman–Crippen MR) is 106 cm³/mol. The van der Waals surface area contributed by atoms with Crippen LogP contribution in [0.5, 0.6) is 0 Å². The van der Waals surface area contributed by atoms with Crippen LogP contribution in [0.15, 0.2) is 48.5 Å². The van der Waals surface area contributed by atoms with Gasteiger partial charge in [-0.3, -0.25) is 19.7 Å². The van der Waals surface area contributed by atoms with Crippen molar-refractivity contribution in [1.29, 1.82) is 0 Å². The van der Waals surface area contributed by atoms with Gasteiger partial charge in [0.2, 0.25) is 5.91 Å². The molecule has 6 nitrogen and oxygen atoms in total. The summed E-state index contributed by atoms with van der Waals surface area (Å²) in [5.41, 5.74) is -0.315. The lowest BCUT2D eigenvalue weighted by Crippen LogP contribution is -2.54. The van der Waals surface area contributed by atoms with Crippen molar-refractivity contribution in [3.05, 3.63) is 74.8 Å². The molecule has 0 saturated heterocycles. The highest BCUT2D eigenvalue weighted by molar-refractivity contribution is 6.31. The third-order valence-electron chi connectivity index (χ3n) is 5.45. The average Bonchev–Trinajstić information content (AvgIpc) is 2.69. The smallest absolute Gasteiger partial charge is 0.273 e. The quantitative estimate of drug-likeness (QED) is 0.554. The molecule has 1 saturated carbocycles. The van der Waals surface area contributed by atoms with Gasteiger partial charge in [0.15, 0.2) is 5.78 Å². The molecule has 1 unspecified atom stereocenters. The van der Waals surface area contributed by atoms with Gasteiger partial charge in [-0.2, -0.15) is 0 Å². The molecular weight excluding hydrogens is 380 g/mol. The lowest BCUT2D eigenvalue weighted by atomic mass is 9.74. The minimum Gasteiger partial charge on any atom is -0.329 e. The van der Waals surface area contributed by atoms with Gasteiger partial charge in [0, 0.05) is 35.7 Å². The zero-order chi connectivity index (χ0) is 20.3. The lowest BCUT2D eigenvalue weighted by molar-refractivity contribution is -0.385. The molecule has 0 N–H and O–H groups in total. The number of para-hydroxylation sites is 1. The highest BCUT2D eigenvalue weighted by Crippen LogP contribution is 2.42. The first kappa shape index (κ1) is 20.0. The summed E-state index contributed by atoms with van der Waals surface area (Å²) in [6, 6.07) is 13.2. The first-order valence-corrected chi connectivity index (χ1v) is 9.53. The number of ketones is 1. The van der Waals surface area contributed by atoms with Gasteiger partial charge >= 0.3 is 0 Å². The Morgan fingerprint density at radius 1 is 1.18 bits per heavy atom. The Morgan fingerprint density at radius 3 is 2.54 bits per heavy atom. The molecule has 7 heteroatoms. The van der Waals surface area contributed by atoms with Crippen LogP contribution in [0.3, 0.4) is 0 Å². The normalized spacial score (nSPS) is 19.3. The maximum atomic E-state index is 13.1. The Bertz CT molecular complexity index is 930. The topological polar surface area (TPSA) is 80.5 Å². The largest absolute Gasteiger partial charge is 0.329 e. The minimum absolute atomic E-state index is 0.0507. The molecule has 3 rings (SSSR count). The summed E-state index contributed by atoms with van der Waals surface area (Å²) in [7, 11) is 1.59. The minimum atomic E-state index is -1.14. The fraction of sp³-hybridized carbons (Fsp3) is 0.333. The van der Waals surface area contributed by atoms with Crippen LogP contribution in [0.1, 0.15) is 36.8 Å². The summed E-state index contributed by atoms with van der Waals surface area (Å²) >= 11 is 6.41. The first-order chi connectivity index (χ1) is 13.4. The van der Waals surface area contributed by atoms with Gasteiger partial charge in [-0.15, -0.1) is 0 Å². The van der Waals surface area contributed by atoms with E-state index in [0.717, 1.165) is 12.8 Å². The molecule has 1 aliphatic rings. The summed E-state index contributed by atoms with van der Waals surface area (Å²) in [5.74, 6) is -0.408. The molecule has 0 aromatic heterocycles. The van der Waals surface area contributed by atoms with Crippen molar-refractivity contribution in [3.8, 4) is 0 Å². The van der Waals surface area contributed by atoms with E-state index in [1.54, 1.807) is 49.5 Å². The molecule has 0 heterocycles. The van der Waals surface area contributed by atoms with Crippen LogP contribution in [0.4, 0.5) is 5.69 Å². The summed E-state index contributed by atoms with van der Waals surface area (Å²) < 4.78 is 0. The van der Waals surface area contributed by atoms with Crippen LogP contribution in [-0.2, 0) is 21.5 Å². The highest BCUT2D eigenvalue weighted by atomic mass is 35.5. The van der Waals surface area contributed by atoms with Gasteiger partial charge in [-0.05, 0) is 25.3 Å². The second kappa shape index (κ2) is 8.10. The van der Waals surface area contributed by atoms with Crippen LogP contribution >= 0.6 is 11.6 Å². The summed E-state index contributed by atoms with van der Waals surface area (Å²) in [4.78, 5) is 38.4. The third kappa shape index (κ3) is 3.52. The molecule has 1 atom stereocenters. The number of nitrogens with zero attached hydrogens (tertiary/aromatic N) is 2. The monoisotopic (exact) mass is 400 g/mol. The van der Waals surface area contributed by atoms with Crippen LogP contribution in [0.25, 0.3) is 0 Å². The van der Waals surface area contributed by atoms with Crippen LogP contribution in [0, 0.1) is 10.1 Å². The predicted octanol–water partition coefficient (Wildman–Crippen LogP) is 4.29. The average molecular weight is 401 g/mol. The van der Waals surface area contributed by atoms with Gasteiger partial charge in [-0.1, -0.05) is 48.0 Å². The zero-order valence-electron chi connectivity index (χ0n) is 15.6. The van der Waals surface area contributed by atoms with Crippen molar-refractivity contribution in [3.63, 3.8) is 0 Å². The number of carbonyl (C=O) groups is 2. The summed E-state index contributed by atoms with van der Waals surface area (Å²) in [6.45, 7) is 0. The van der Waals surface area contributed by atoms with E-state index in [1.807, 2.05) is 0 Å². The van der Waals surface area contributed by atoms with Crippen molar-refractivity contribution < 1.29 is 14.5 Å². The van der Waals surface area contributed by atoms with E-state index < -0.39 is 10.5 Å². The maximum Gasteiger partial charge on any atom is 0.273 e. The van der Waals surface area contributed by atoms with E-state index in [0.29, 0.717) is 29.0 Å². The molecule has 0 spiro atoms. The first-order valence-electron chi connectivity index (χ1n) is 9.15. The molecule has 1 amide bonds. The van der Waals surface area contributed by atoms with Crippen molar-refractivity contribution in [2.45, 2.75) is 37.6 Å². The van der Waals surface area contributed by atoms with Crippen molar-refractivity contribution in [2.75, 3.05) is 7.05 Å². The van der Waals surface area contributed by atoms with Gasteiger partial charge in [0.25, 0.3) is 5.69 Å². The van der Waals surface area contributed by atoms with Crippen LogP contribution in [-0.4, -0.2) is 28.6 Å². The molecule has 28 heavy (non-hydrogen) atoms. The molecule has 0 bridgehead atoms. The van der Waals surface area contributed by atoms with Crippen LogP contribution in [0.2, 0.25) is 5.02 Å². The van der Waals surface area contributed by atoms with E-state index in [1.165, 1.54) is 11.0 Å². The number of halogens is 1. The fourth-order valence-electron chi connectivity index (χ4n) is 3.96. The molecule has 1 fully saturated rings. The Balaban J connectivity index is 2.00. The standard InChI is InChI=1S/C21H21ClN2O4/c1-23(20(26)14-15-8-2-5-11-18(15)24(27)28)21(13-7-6-12-19(21)25)16-9-3-4-10-17(16)22/h2-5,8-11H,6-7,12-14H2,1H3. The number of carbonyl (C=O) groups excluding carboxylic acids is 2. The molecule has 2 aromatic rings. The van der Waals surface area contributed by atoms with E-state index >= 15 is 0 Å². The number of nitro benzene ring substituents is 1. The van der Waals surface area contributed by atoms with E-state index in [2.05, 4.69) is 0 Å². The number of nitro groups is 1. The maximum absolute atomic E-state index is 13.1. The van der Waals surface area contributed by atoms with Gasteiger partial charge < -0.3 is 4.90 Å². The fourth-order valence-corrected chi connectivity index (χ4v) is 4.25. The number of likely N-dealkylation sites (N-methyl/N-ethyl adjacent to an activating group) is 1. The summed E-state index contributed by atoms with van der Waals surface area (Å²) in [5, 5.41) is 11.7. The van der Waals surface area contributed by atoms with E-state index in [4.69, 9.17) is 11.6 Å². The second-order valence-corrected chi connectivity index (χ2v) is 7.39. The molecular formula is C21H21ClN2O4. The Morgan fingerprint density at radius 2 is 1.86 bits per heavy atom. The number of benzene rings is 2. The van der Waals surface area contributed by atoms with Crippen molar-refractivity contribution in [2.24, 2.45) is 0 Å². The van der Waals surface area contributed by atoms with Gasteiger partial charge in [-0.25, -0.2) is 0 Å². The van der Waals surface area contributed by atoms with Gasteiger partial charge in [0.1, 0.15) is 5.54 Å². The van der Waals surface area contributed by atoms with E-state index in [-0.39, 0.29) is 23.8 Å². The summed E-state index contributed by atoms with van der Waals surface area (Å²) in [6.07, 6.45) is 2.26. The number of hydrogen-bond acceptors (Lipinski definition) is 4. The number of Topliss-reactive ketones (excluding diaryl/α,β-unsaturated/α-hetero) is 1. The molecule has 2 aromatic carbocycles. The third-order valence-corrected chi connectivity index (χ3v) is 5.78. The number of rotatable bonds is 5. The lowest BCUT2D eigenvalue weighted by Gasteiger charge is -2.44. The van der Waals surface area contributed by atoms with Crippen LogP contribution < -0.4 is 0 Å². The SMILES string of the molecule is CN(C(=O)Cc1ccccc1[N+](=O)[O-])C1(c2ccccc2Cl)CCCCC1=O. The molecule has 0 radical (unpaired) electrons. The van der Waals surface area contributed by atoms with Crippen molar-refractivity contribution >= 4 is 29.0 Å². The second-order valence-electron chi connectivity index (χ2n) is 6.99. The highest BCUT2D eigenvalue weighted by Gasteiger charge is 2.47. The molecule has 1 aliphatic carbocycles. The van der Waals surface area contributed by atoms with Crippen molar-refractivity contribution in [1.82, 2.24) is 4.90 Å². The number of amides is 1. The Kier molecular flexibility index (Phi) is 5.79. The number of hydrogen-bond donors (Lipinski definition) is 0. The molecule has 146 valence electrons. The Hall–Kier alpha value is -2.73. The van der Waals surface area contributed by atoms with Gasteiger partial charge in [0.05, 0.1) is 11.3 Å². The zero-order valence-corrected chi connectivity index (χ0v) is 16.3. The molecule has 0 aliphatic heterocycles.